The number of nitrogens with two attached hydrogens (primary N) is 1. The van der Waals surface area contributed by atoms with E-state index in [1.165, 1.54) is 0 Å². The number of aliphatic hydroxyl groups excluding tert-OH is 1. The number of halogens is 1. The zero-order chi connectivity index (χ0) is 29.1. The van der Waals surface area contributed by atoms with Crippen LogP contribution in [0.1, 0.15) is 37.9 Å². The molecule has 0 spiro atoms. The predicted molar refractivity (Wildman–Crippen MR) is 170 cm³/mol. The highest BCUT2D eigenvalue weighted by atomic mass is 127. The molecule has 3 atom stereocenters. The minimum absolute atomic E-state index is 0.0818. The molecule has 4 rings (SSSR count). The molecule has 3 aromatic rings. The molecule has 1 aliphatic rings. The number of allylic oxidation sites excluding steroid dienone is 1. The van der Waals surface area contributed by atoms with Crippen LogP contribution in [0.3, 0.4) is 0 Å². The van der Waals surface area contributed by atoms with Crippen LogP contribution in [0.4, 0.5) is 0 Å². The average Bonchev–Trinajstić information content (AvgIpc) is 3.39. The smallest absolute Gasteiger partial charge is 0.221 e. The van der Waals surface area contributed by atoms with Gasteiger partial charge in [0, 0.05) is 25.5 Å². The molecular weight excluding hydrogens is 642 g/mol. The summed E-state index contributed by atoms with van der Waals surface area (Å²) in [4.78, 5) is 11.9. The Morgan fingerprint density at radius 1 is 1.30 bits per heavy atom. The topological polar surface area (TPSA) is 129 Å². The van der Waals surface area contributed by atoms with Crippen molar-refractivity contribution in [2.24, 2.45) is 17.8 Å². The number of aryl methyl sites for hydroxylation is 3. The van der Waals surface area contributed by atoms with E-state index in [0.717, 1.165) is 39.2 Å². The lowest BCUT2D eigenvalue weighted by atomic mass is 10.1. The van der Waals surface area contributed by atoms with E-state index in [4.69, 9.17) is 30.3 Å². The van der Waals surface area contributed by atoms with E-state index in [0.29, 0.717) is 43.2 Å². The van der Waals surface area contributed by atoms with Crippen molar-refractivity contribution >= 4 is 51.1 Å². The Morgan fingerprint density at radius 2 is 2.05 bits per heavy atom. The zero-order valence-corrected chi connectivity index (χ0v) is 27.2. The van der Waals surface area contributed by atoms with Gasteiger partial charge in [-0.3, -0.25) is 14.9 Å². The van der Waals surface area contributed by atoms with E-state index in [-0.39, 0.29) is 24.6 Å². The van der Waals surface area contributed by atoms with E-state index in [1.807, 2.05) is 65.3 Å². The second-order valence-corrected chi connectivity index (χ2v) is 12.1. The molecular formula is C27H38IN8O3P. The van der Waals surface area contributed by atoms with Gasteiger partial charge in [0.2, 0.25) is 5.88 Å². The highest BCUT2D eigenvalue weighted by Crippen LogP contribution is 2.38. The fourth-order valence-corrected chi connectivity index (χ4v) is 6.48. The third-order valence-electron chi connectivity index (χ3n) is 6.59. The number of rotatable bonds is 5. The molecule has 2 bridgehead atoms. The van der Waals surface area contributed by atoms with Gasteiger partial charge in [0.05, 0.1) is 70.8 Å². The lowest BCUT2D eigenvalue weighted by Crippen LogP contribution is -2.36. The lowest BCUT2D eigenvalue weighted by molar-refractivity contribution is 0.159. The van der Waals surface area contributed by atoms with Crippen molar-refractivity contribution in [3.8, 4) is 17.1 Å². The Balaban J connectivity index is 2.02. The number of likely N-dealkylation sites (N-methyl/N-ethyl adjacent to an activating group) is 1. The highest BCUT2D eigenvalue weighted by molar-refractivity contribution is 14.2. The van der Waals surface area contributed by atoms with Gasteiger partial charge in [-0.15, -0.1) is 0 Å². The minimum atomic E-state index is -0.312. The van der Waals surface area contributed by atoms with E-state index in [9.17, 15) is 5.11 Å². The first kappa shape index (κ1) is 30.4. The van der Waals surface area contributed by atoms with Crippen LogP contribution >= 0.6 is 28.4 Å². The molecule has 0 radical (unpaired) electrons. The first-order valence-corrected chi connectivity index (χ1v) is 17.3. The van der Waals surface area contributed by atoms with Crippen LogP contribution in [0, 0.1) is 13.8 Å². The molecule has 216 valence electrons. The summed E-state index contributed by atoms with van der Waals surface area (Å²) in [5.41, 5.74) is 13.0. The maximum Gasteiger partial charge on any atom is 0.221 e. The molecule has 0 aromatic carbocycles. The maximum absolute atomic E-state index is 9.80. The second-order valence-electron chi connectivity index (χ2n) is 10.0. The summed E-state index contributed by atoms with van der Waals surface area (Å²) in [7, 11) is 3.89. The average molecular weight is 681 g/mol. The van der Waals surface area contributed by atoms with Crippen molar-refractivity contribution in [1.29, 1.82) is 0 Å². The monoisotopic (exact) mass is 680 g/mol. The Morgan fingerprint density at radius 3 is 2.73 bits per heavy atom. The van der Waals surface area contributed by atoms with Crippen molar-refractivity contribution in [1.82, 2.24) is 29.2 Å². The van der Waals surface area contributed by atoms with Gasteiger partial charge in [-0.2, -0.15) is 10.2 Å². The molecule has 0 fully saturated rings. The normalized spacial score (nSPS) is 20.9. The molecule has 3 aromatic heterocycles. The summed E-state index contributed by atoms with van der Waals surface area (Å²) in [6, 6.07) is 1.75. The van der Waals surface area contributed by atoms with Gasteiger partial charge in [-0.25, -0.2) is 9.13 Å². The van der Waals surface area contributed by atoms with Crippen molar-refractivity contribution in [3.63, 3.8) is 0 Å². The zero-order valence-electron chi connectivity index (χ0n) is 24.1. The molecule has 0 amide bonds. The van der Waals surface area contributed by atoms with E-state index in [1.54, 1.807) is 4.68 Å². The van der Waals surface area contributed by atoms with E-state index >= 15 is 0 Å². The Bertz CT molecular complexity index is 1480. The number of aromatic nitrogens is 5. The first-order chi connectivity index (χ1) is 19.1. The molecule has 40 heavy (non-hydrogen) atoms. The van der Waals surface area contributed by atoms with Gasteiger partial charge in [-0.1, -0.05) is 0 Å². The van der Waals surface area contributed by atoms with Gasteiger partial charge in [0.25, 0.3) is 0 Å². The van der Waals surface area contributed by atoms with Crippen LogP contribution in [-0.2, 0) is 11.8 Å². The van der Waals surface area contributed by atoms with Gasteiger partial charge >= 0.3 is 0 Å². The third kappa shape index (κ3) is 6.35. The molecule has 0 aliphatic carbocycles. The highest BCUT2D eigenvalue weighted by Gasteiger charge is 2.24. The minimum Gasteiger partial charge on any atom is -0.479 e. The van der Waals surface area contributed by atoms with Crippen LogP contribution in [0.5, 0.6) is 5.88 Å². The number of aliphatic imine (C=N–C) groups is 1. The van der Waals surface area contributed by atoms with Crippen molar-refractivity contribution in [2.75, 3.05) is 33.4 Å². The quantitative estimate of drug-likeness (QED) is 0.235. The van der Waals surface area contributed by atoms with Crippen LogP contribution in [-0.4, -0.2) is 85.5 Å². The fourth-order valence-electron chi connectivity index (χ4n) is 4.92. The molecule has 3 unspecified atom stereocenters. The van der Waals surface area contributed by atoms with Crippen LogP contribution in [0.25, 0.3) is 28.2 Å². The van der Waals surface area contributed by atoms with Gasteiger partial charge < -0.3 is 20.3 Å². The summed E-state index contributed by atoms with van der Waals surface area (Å²) in [5.74, 6) is 0.945. The standard InChI is InChI=1S/C27H38IN8O3P/c1-8-38-26(29)19-9-10-21-20-11-22(31-18(5)25(20)36(33-21)40-28)24-17(4)32-35(7)27(24)39-16(3)12-34(6)13-23(19)30-15(2)14-37/h9-11,15-16,37,40H,8,12-14,29H2,1-7H3/b10-9+,26-19+,30-23?. The molecule has 13 heteroatoms. The first-order valence-electron chi connectivity index (χ1n) is 13.2. The summed E-state index contributed by atoms with van der Waals surface area (Å²) >= 11 is 2.33. The maximum atomic E-state index is 9.80. The largest absolute Gasteiger partial charge is 0.479 e. The predicted octanol–water partition coefficient (Wildman–Crippen LogP) is 3.99. The molecule has 3 N–H and O–H groups in total. The van der Waals surface area contributed by atoms with Gasteiger partial charge in [-0.05, 0) is 81.9 Å². The SMILES string of the molecule is CCO/C(N)=C1\C=C\c2nn(PI)c3c(C)nc(cc23)-c2c(C)nn(C)c2OC(C)CN(C)CC1=NC(C)CO. The van der Waals surface area contributed by atoms with Crippen molar-refractivity contribution in [2.45, 2.75) is 46.8 Å². The van der Waals surface area contributed by atoms with Crippen molar-refractivity contribution < 1.29 is 14.6 Å². The van der Waals surface area contributed by atoms with Crippen LogP contribution < -0.4 is 10.5 Å². The number of hydrogen-bond donors (Lipinski definition) is 2. The molecule has 0 saturated carbocycles. The van der Waals surface area contributed by atoms with E-state index < -0.39 is 0 Å². The molecule has 0 saturated heterocycles. The van der Waals surface area contributed by atoms with E-state index in [2.05, 4.69) is 38.1 Å². The van der Waals surface area contributed by atoms with Crippen molar-refractivity contribution in [3.05, 3.63) is 40.7 Å². The number of aliphatic hydroxyl groups is 1. The Labute approximate surface area is 249 Å². The number of pyridine rings is 1. The number of nitrogens with zero attached hydrogens (tertiary/aromatic N) is 7. The summed E-state index contributed by atoms with van der Waals surface area (Å²) in [6.45, 7) is 11.2. The second kappa shape index (κ2) is 13.0. The number of hydrogen-bond acceptors (Lipinski definition) is 9. The number of ether oxygens (including phenoxy) is 2. The molecule has 11 nitrogen and oxygen atoms in total. The van der Waals surface area contributed by atoms with Crippen LogP contribution in [0.15, 0.2) is 28.6 Å². The van der Waals surface area contributed by atoms with Gasteiger partial charge in [0.1, 0.15) is 6.10 Å². The third-order valence-corrected chi connectivity index (χ3v) is 8.45. The number of fused-ring (bicyclic) bond motifs is 3. The molecule has 1 aliphatic heterocycles. The summed E-state index contributed by atoms with van der Waals surface area (Å²) in [5, 5.41) is 20.4. The molecule has 4 heterocycles. The fraction of sp³-hybridized carbons (Fsp3) is 0.481. The summed E-state index contributed by atoms with van der Waals surface area (Å²) < 4.78 is 16.0. The lowest BCUT2D eigenvalue weighted by Gasteiger charge is -2.24. The van der Waals surface area contributed by atoms with Crippen LogP contribution in [0.2, 0.25) is 0 Å². The van der Waals surface area contributed by atoms with Gasteiger partial charge in [0.15, 0.2) is 5.88 Å². The summed E-state index contributed by atoms with van der Waals surface area (Å²) in [6.07, 6.45) is 4.09. The Hall–Kier alpha value is -2.54. The Kier molecular flexibility index (Phi) is 9.86.